The second kappa shape index (κ2) is 7.52. The van der Waals surface area contributed by atoms with Crippen LogP contribution in [0.1, 0.15) is 44.7 Å². The van der Waals surface area contributed by atoms with Gasteiger partial charge in [-0.05, 0) is 61.9 Å². The first-order valence-electron chi connectivity index (χ1n) is 7.03. The molecule has 0 saturated heterocycles. The summed E-state index contributed by atoms with van der Waals surface area (Å²) >= 11 is 0. The van der Waals surface area contributed by atoms with Crippen molar-refractivity contribution in [2.45, 2.75) is 53.0 Å². The molecule has 0 heterocycles. The SMILES string of the molecule is CCCNC(CCc1ccc(F)cc1C)C(C)C. The predicted octanol–water partition coefficient (Wildman–Crippen LogP) is 4.09. The van der Waals surface area contributed by atoms with Crippen LogP contribution in [0, 0.1) is 18.7 Å². The molecule has 1 unspecified atom stereocenters. The van der Waals surface area contributed by atoms with Crippen molar-refractivity contribution in [3.8, 4) is 0 Å². The Morgan fingerprint density at radius 2 is 2.00 bits per heavy atom. The Labute approximate surface area is 111 Å². The fourth-order valence-electron chi connectivity index (χ4n) is 2.25. The maximum Gasteiger partial charge on any atom is 0.123 e. The van der Waals surface area contributed by atoms with E-state index in [4.69, 9.17) is 0 Å². The molecular formula is C16H26FN. The minimum Gasteiger partial charge on any atom is -0.314 e. The molecule has 1 nitrogen and oxygen atoms in total. The number of aryl methyl sites for hydroxylation is 2. The van der Waals surface area contributed by atoms with Crippen LogP contribution in [-0.2, 0) is 6.42 Å². The van der Waals surface area contributed by atoms with Crippen molar-refractivity contribution in [1.82, 2.24) is 5.32 Å². The maximum absolute atomic E-state index is 13.0. The largest absolute Gasteiger partial charge is 0.314 e. The number of hydrogen-bond donors (Lipinski definition) is 1. The van der Waals surface area contributed by atoms with E-state index >= 15 is 0 Å². The van der Waals surface area contributed by atoms with Crippen LogP contribution in [0.15, 0.2) is 18.2 Å². The Balaban J connectivity index is 2.55. The Bertz CT molecular complexity index is 360. The quantitative estimate of drug-likeness (QED) is 0.769. The second-order valence-corrected chi connectivity index (χ2v) is 5.41. The van der Waals surface area contributed by atoms with Gasteiger partial charge in [-0.25, -0.2) is 4.39 Å². The first kappa shape index (κ1) is 15.2. The standard InChI is InChI=1S/C16H26FN/c1-5-10-18-16(12(2)3)9-7-14-6-8-15(17)11-13(14)4/h6,8,11-12,16,18H,5,7,9-10H2,1-4H3. The lowest BCUT2D eigenvalue weighted by atomic mass is 9.95. The van der Waals surface area contributed by atoms with E-state index in [0.29, 0.717) is 12.0 Å². The van der Waals surface area contributed by atoms with Gasteiger partial charge in [0, 0.05) is 6.04 Å². The van der Waals surface area contributed by atoms with Crippen molar-refractivity contribution in [2.75, 3.05) is 6.54 Å². The van der Waals surface area contributed by atoms with Gasteiger partial charge < -0.3 is 5.32 Å². The van der Waals surface area contributed by atoms with Gasteiger partial charge >= 0.3 is 0 Å². The molecular weight excluding hydrogens is 225 g/mol. The summed E-state index contributed by atoms with van der Waals surface area (Å²) in [7, 11) is 0. The summed E-state index contributed by atoms with van der Waals surface area (Å²) in [6.45, 7) is 9.76. The first-order valence-corrected chi connectivity index (χ1v) is 7.03. The summed E-state index contributed by atoms with van der Waals surface area (Å²) in [6.07, 6.45) is 3.30. The molecule has 102 valence electrons. The van der Waals surface area contributed by atoms with Crippen LogP contribution in [0.2, 0.25) is 0 Å². The summed E-state index contributed by atoms with van der Waals surface area (Å²) in [5.74, 6) is 0.498. The Morgan fingerprint density at radius 3 is 2.56 bits per heavy atom. The van der Waals surface area contributed by atoms with Crippen LogP contribution in [0.4, 0.5) is 4.39 Å². The van der Waals surface area contributed by atoms with E-state index in [-0.39, 0.29) is 5.82 Å². The number of rotatable bonds is 7. The zero-order valence-electron chi connectivity index (χ0n) is 12.1. The monoisotopic (exact) mass is 251 g/mol. The van der Waals surface area contributed by atoms with E-state index < -0.39 is 0 Å². The van der Waals surface area contributed by atoms with Gasteiger partial charge in [0.15, 0.2) is 0 Å². The van der Waals surface area contributed by atoms with Crippen LogP contribution >= 0.6 is 0 Å². The minimum absolute atomic E-state index is 0.138. The van der Waals surface area contributed by atoms with Crippen LogP contribution in [0.5, 0.6) is 0 Å². The van der Waals surface area contributed by atoms with Gasteiger partial charge in [0.1, 0.15) is 5.82 Å². The summed E-state index contributed by atoms with van der Waals surface area (Å²) < 4.78 is 13.0. The number of halogens is 1. The zero-order chi connectivity index (χ0) is 13.5. The van der Waals surface area contributed by atoms with Gasteiger partial charge in [-0.3, -0.25) is 0 Å². The van der Waals surface area contributed by atoms with Crippen LogP contribution in [0.25, 0.3) is 0 Å². The van der Waals surface area contributed by atoms with Gasteiger partial charge in [-0.15, -0.1) is 0 Å². The summed E-state index contributed by atoms with van der Waals surface area (Å²) in [5, 5.41) is 3.60. The Hall–Kier alpha value is -0.890. The third kappa shape index (κ3) is 4.77. The van der Waals surface area contributed by atoms with Crippen LogP contribution in [0.3, 0.4) is 0 Å². The highest BCUT2D eigenvalue weighted by atomic mass is 19.1. The van der Waals surface area contributed by atoms with E-state index in [1.165, 1.54) is 12.0 Å². The van der Waals surface area contributed by atoms with Crippen molar-refractivity contribution in [2.24, 2.45) is 5.92 Å². The molecule has 0 spiro atoms. The highest BCUT2D eigenvalue weighted by Crippen LogP contribution is 2.15. The van der Waals surface area contributed by atoms with Gasteiger partial charge in [0.05, 0.1) is 0 Å². The lowest BCUT2D eigenvalue weighted by Crippen LogP contribution is -2.34. The lowest BCUT2D eigenvalue weighted by molar-refractivity contribution is 0.378. The smallest absolute Gasteiger partial charge is 0.123 e. The van der Waals surface area contributed by atoms with Gasteiger partial charge in [-0.1, -0.05) is 26.8 Å². The molecule has 2 heteroatoms. The second-order valence-electron chi connectivity index (χ2n) is 5.41. The number of benzene rings is 1. The molecule has 0 fully saturated rings. The summed E-state index contributed by atoms with van der Waals surface area (Å²) in [4.78, 5) is 0. The normalized spacial score (nSPS) is 13.0. The van der Waals surface area contributed by atoms with Gasteiger partial charge in [0.25, 0.3) is 0 Å². The van der Waals surface area contributed by atoms with E-state index in [1.807, 2.05) is 13.0 Å². The zero-order valence-corrected chi connectivity index (χ0v) is 12.1. The van der Waals surface area contributed by atoms with E-state index in [2.05, 4.69) is 26.1 Å². The molecule has 0 bridgehead atoms. The van der Waals surface area contributed by atoms with Crippen molar-refractivity contribution in [3.05, 3.63) is 35.1 Å². The minimum atomic E-state index is -0.138. The first-order chi connectivity index (χ1) is 8.54. The molecule has 0 radical (unpaired) electrons. The number of nitrogens with one attached hydrogen (secondary N) is 1. The van der Waals surface area contributed by atoms with Crippen molar-refractivity contribution >= 4 is 0 Å². The van der Waals surface area contributed by atoms with Gasteiger partial charge in [0.2, 0.25) is 0 Å². The van der Waals surface area contributed by atoms with Crippen LogP contribution in [-0.4, -0.2) is 12.6 Å². The molecule has 0 aliphatic carbocycles. The molecule has 0 aliphatic heterocycles. The molecule has 1 aromatic rings. The lowest BCUT2D eigenvalue weighted by Gasteiger charge is -2.22. The predicted molar refractivity (Wildman–Crippen MR) is 76.4 cm³/mol. The topological polar surface area (TPSA) is 12.0 Å². The van der Waals surface area contributed by atoms with E-state index in [1.54, 1.807) is 12.1 Å². The summed E-state index contributed by atoms with van der Waals surface area (Å²) in [5.41, 5.74) is 2.33. The van der Waals surface area contributed by atoms with Crippen molar-refractivity contribution in [1.29, 1.82) is 0 Å². The summed E-state index contributed by atoms with van der Waals surface area (Å²) in [6, 6.07) is 5.65. The van der Waals surface area contributed by atoms with Gasteiger partial charge in [-0.2, -0.15) is 0 Å². The molecule has 1 aromatic carbocycles. The van der Waals surface area contributed by atoms with Crippen molar-refractivity contribution in [3.63, 3.8) is 0 Å². The molecule has 18 heavy (non-hydrogen) atoms. The average molecular weight is 251 g/mol. The number of hydrogen-bond acceptors (Lipinski definition) is 1. The third-order valence-corrected chi connectivity index (χ3v) is 3.49. The molecule has 0 aromatic heterocycles. The van der Waals surface area contributed by atoms with E-state index in [9.17, 15) is 4.39 Å². The molecule has 0 amide bonds. The fraction of sp³-hybridized carbons (Fsp3) is 0.625. The molecule has 0 saturated carbocycles. The fourth-order valence-corrected chi connectivity index (χ4v) is 2.25. The van der Waals surface area contributed by atoms with E-state index in [0.717, 1.165) is 24.9 Å². The van der Waals surface area contributed by atoms with Crippen molar-refractivity contribution < 1.29 is 4.39 Å². The third-order valence-electron chi connectivity index (χ3n) is 3.49. The molecule has 1 atom stereocenters. The highest BCUT2D eigenvalue weighted by Gasteiger charge is 2.12. The average Bonchev–Trinajstić information content (AvgIpc) is 2.31. The molecule has 1 N–H and O–H groups in total. The van der Waals surface area contributed by atoms with Crippen LogP contribution < -0.4 is 5.32 Å². The molecule has 1 rings (SSSR count). The highest BCUT2D eigenvalue weighted by molar-refractivity contribution is 5.26. The Morgan fingerprint density at radius 1 is 1.28 bits per heavy atom. The Kier molecular flexibility index (Phi) is 6.34. The molecule has 0 aliphatic rings. The maximum atomic E-state index is 13.0.